The molecule has 1 aliphatic heterocycles. The van der Waals surface area contributed by atoms with E-state index in [0.29, 0.717) is 11.3 Å². The number of rotatable bonds is 5. The zero-order chi connectivity index (χ0) is 24.5. The number of nitrogens with two attached hydrogens (primary N) is 1. The minimum Gasteiger partial charge on any atom is -0.399 e. The van der Waals surface area contributed by atoms with Gasteiger partial charge in [0.05, 0.1) is 17.4 Å². The van der Waals surface area contributed by atoms with Crippen LogP contribution < -0.4 is 16.0 Å². The van der Waals surface area contributed by atoms with Crippen LogP contribution in [-0.4, -0.2) is 24.0 Å². The molecule has 0 spiro atoms. The van der Waals surface area contributed by atoms with Gasteiger partial charge in [0.15, 0.2) is 0 Å². The molecule has 0 bridgehead atoms. The van der Waals surface area contributed by atoms with E-state index >= 15 is 0 Å². The summed E-state index contributed by atoms with van der Waals surface area (Å²) in [6.45, 7) is 7.34. The second-order valence-corrected chi connectivity index (χ2v) is 8.49. The zero-order valence-electron chi connectivity index (χ0n) is 18.7. The molecule has 1 fully saturated rings. The molecular formula is C26H25F3N4O. The first kappa shape index (κ1) is 23.4. The lowest BCUT2D eigenvalue weighted by atomic mass is 9.92. The van der Waals surface area contributed by atoms with E-state index in [1.807, 2.05) is 25.1 Å². The van der Waals surface area contributed by atoms with E-state index in [1.165, 1.54) is 12.1 Å². The van der Waals surface area contributed by atoms with Crippen molar-refractivity contribution < 1.29 is 18.0 Å². The number of amides is 1. The molecule has 1 saturated heterocycles. The Morgan fingerprint density at radius 2 is 1.94 bits per heavy atom. The third-order valence-corrected chi connectivity index (χ3v) is 6.08. The molecule has 176 valence electrons. The lowest BCUT2D eigenvalue weighted by Crippen LogP contribution is -2.20. The molecule has 2 heterocycles. The highest BCUT2D eigenvalue weighted by atomic mass is 19.4. The topological polar surface area (TPSA) is 71.2 Å². The Morgan fingerprint density at radius 3 is 2.68 bits per heavy atom. The van der Waals surface area contributed by atoms with Crippen molar-refractivity contribution in [2.45, 2.75) is 25.4 Å². The molecule has 0 aliphatic carbocycles. The Kier molecular flexibility index (Phi) is 6.32. The number of nitrogens with zero attached hydrogens (tertiary/aromatic N) is 2. The van der Waals surface area contributed by atoms with Crippen LogP contribution in [-0.2, 0) is 6.18 Å². The van der Waals surface area contributed by atoms with Crippen molar-refractivity contribution in [2.75, 3.05) is 23.3 Å². The molecule has 4 rings (SSSR count). The summed E-state index contributed by atoms with van der Waals surface area (Å²) in [5.74, 6) is -0.250. The first-order chi connectivity index (χ1) is 16.1. The van der Waals surface area contributed by atoms with Crippen LogP contribution >= 0.6 is 0 Å². The molecule has 0 saturated carbocycles. The number of hydrogen-bond acceptors (Lipinski definition) is 4. The van der Waals surface area contributed by atoms with Gasteiger partial charge in [-0.2, -0.15) is 13.2 Å². The van der Waals surface area contributed by atoms with E-state index in [4.69, 9.17) is 5.73 Å². The van der Waals surface area contributed by atoms with Crippen LogP contribution in [0, 0.1) is 6.92 Å². The average Bonchev–Trinajstić information content (AvgIpc) is 3.29. The van der Waals surface area contributed by atoms with Crippen molar-refractivity contribution in [3.8, 4) is 0 Å². The molecule has 2 aromatic carbocycles. The second kappa shape index (κ2) is 9.21. The van der Waals surface area contributed by atoms with Gasteiger partial charge in [-0.3, -0.25) is 9.78 Å². The van der Waals surface area contributed by atoms with Gasteiger partial charge in [-0.05, 0) is 60.9 Å². The fraction of sp³-hybridized carbons (Fsp3) is 0.231. The molecule has 1 aromatic heterocycles. The summed E-state index contributed by atoms with van der Waals surface area (Å²) in [5, 5.41) is 2.58. The van der Waals surface area contributed by atoms with Crippen LogP contribution in [0.25, 0.3) is 5.70 Å². The van der Waals surface area contributed by atoms with E-state index in [-0.39, 0.29) is 11.6 Å². The zero-order valence-corrected chi connectivity index (χ0v) is 18.7. The number of halogens is 3. The third-order valence-electron chi connectivity index (χ3n) is 6.08. The fourth-order valence-corrected chi connectivity index (χ4v) is 4.22. The Balaban J connectivity index is 1.51. The molecule has 34 heavy (non-hydrogen) atoms. The minimum absolute atomic E-state index is 0.0999. The predicted molar refractivity (Wildman–Crippen MR) is 128 cm³/mol. The third kappa shape index (κ3) is 5.06. The quantitative estimate of drug-likeness (QED) is 0.515. The van der Waals surface area contributed by atoms with Crippen molar-refractivity contribution >= 4 is 23.0 Å². The molecule has 1 amide bonds. The minimum atomic E-state index is -4.47. The van der Waals surface area contributed by atoms with E-state index in [9.17, 15) is 18.0 Å². The first-order valence-electron chi connectivity index (χ1n) is 10.9. The molecule has 1 aliphatic rings. The summed E-state index contributed by atoms with van der Waals surface area (Å²) < 4.78 is 38.9. The van der Waals surface area contributed by atoms with Gasteiger partial charge in [0.25, 0.3) is 5.91 Å². The number of anilines is 2. The van der Waals surface area contributed by atoms with Crippen molar-refractivity contribution in [3.63, 3.8) is 0 Å². The maximum Gasteiger partial charge on any atom is 0.416 e. The van der Waals surface area contributed by atoms with Gasteiger partial charge in [0, 0.05) is 47.7 Å². The molecule has 0 radical (unpaired) electrons. The summed E-state index contributed by atoms with van der Waals surface area (Å²) in [6.07, 6.45) is -0.109. The standard InChI is InChI=1S/C26H25F3N4O/c1-16-6-7-18(25(34)32-22-5-3-4-21(12-22)26(27,28)29)11-24(16)19-8-9-33(15-19)23-10-20(17(2)30)13-31-14-23/h3-7,10-14,19H,2,8-9,15,30H2,1H3,(H,32,34). The Morgan fingerprint density at radius 1 is 1.15 bits per heavy atom. The molecular weight excluding hydrogens is 441 g/mol. The summed E-state index contributed by atoms with van der Waals surface area (Å²) >= 11 is 0. The van der Waals surface area contributed by atoms with Gasteiger partial charge in [0.2, 0.25) is 0 Å². The molecule has 1 unspecified atom stereocenters. The number of aryl methyl sites for hydroxylation is 1. The highest BCUT2D eigenvalue weighted by Gasteiger charge is 2.30. The molecule has 3 aromatic rings. The van der Waals surface area contributed by atoms with Crippen molar-refractivity contribution in [3.05, 3.63) is 95.3 Å². The van der Waals surface area contributed by atoms with Crippen molar-refractivity contribution in [2.24, 2.45) is 5.73 Å². The van der Waals surface area contributed by atoms with Crippen LogP contribution in [0.15, 0.2) is 67.5 Å². The van der Waals surface area contributed by atoms with Gasteiger partial charge in [-0.1, -0.05) is 18.7 Å². The van der Waals surface area contributed by atoms with Gasteiger partial charge in [0.1, 0.15) is 0 Å². The number of hydrogen-bond donors (Lipinski definition) is 2. The van der Waals surface area contributed by atoms with Crippen LogP contribution in [0.3, 0.4) is 0 Å². The van der Waals surface area contributed by atoms with Crippen LogP contribution in [0.5, 0.6) is 0 Å². The van der Waals surface area contributed by atoms with E-state index < -0.39 is 17.6 Å². The van der Waals surface area contributed by atoms with E-state index in [1.54, 1.807) is 18.5 Å². The van der Waals surface area contributed by atoms with Crippen LogP contribution in [0.2, 0.25) is 0 Å². The number of pyridine rings is 1. The molecule has 5 nitrogen and oxygen atoms in total. The first-order valence-corrected chi connectivity index (χ1v) is 10.9. The maximum atomic E-state index is 13.0. The summed E-state index contributed by atoms with van der Waals surface area (Å²) in [5.41, 5.74) is 9.81. The number of aromatic nitrogens is 1. The van der Waals surface area contributed by atoms with Gasteiger partial charge < -0.3 is 16.0 Å². The highest BCUT2D eigenvalue weighted by molar-refractivity contribution is 6.04. The number of carbonyl (C=O) groups excluding carboxylic acids is 1. The Labute approximate surface area is 196 Å². The highest BCUT2D eigenvalue weighted by Crippen LogP contribution is 2.34. The van der Waals surface area contributed by atoms with Gasteiger partial charge >= 0.3 is 6.18 Å². The Bertz CT molecular complexity index is 1240. The average molecular weight is 467 g/mol. The summed E-state index contributed by atoms with van der Waals surface area (Å²) in [4.78, 5) is 19.3. The lowest BCUT2D eigenvalue weighted by molar-refractivity contribution is -0.137. The van der Waals surface area contributed by atoms with Crippen LogP contribution in [0.4, 0.5) is 24.5 Å². The Hall–Kier alpha value is -3.81. The molecule has 1 atom stereocenters. The molecule has 8 heteroatoms. The molecule has 3 N–H and O–H groups in total. The predicted octanol–water partition coefficient (Wildman–Crippen LogP) is 5.58. The number of benzene rings is 2. The summed E-state index contributed by atoms with van der Waals surface area (Å²) in [6, 6.07) is 12.0. The lowest BCUT2D eigenvalue weighted by Gasteiger charge is -2.20. The monoisotopic (exact) mass is 466 g/mol. The fourth-order valence-electron chi connectivity index (χ4n) is 4.22. The van der Waals surface area contributed by atoms with E-state index in [2.05, 4.69) is 21.8 Å². The number of alkyl halides is 3. The SMILES string of the molecule is C=C(N)c1cncc(N2CCC(c3cc(C(=O)Nc4cccc(C(F)(F)F)c4)ccc3C)C2)c1. The number of carbonyl (C=O) groups is 1. The van der Waals surface area contributed by atoms with Gasteiger partial charge in [-0.25, -0.2) is 0 Å². The summed E-state index contributed by atoms with van der Waals surface area (Å²) in [7, 11) is 0. The van der Waals surface area contributed by atoms with Crippen LogP contribution in [0.1, 0.15) is 45.0 Å². The largest absolute Gasteiger partial charge is 0.416 e. The smallest absolute Gasteiger partial charge is 0.399 e. The second-order valence-electron chi connectivity index (χ2n) is 8.49. The van der Waals surface area contributed by atoms with Crippen molar-refractivity contribution in [1.29, 1.82) is 0 Å². The van der Waals surface area contributed by atoms with Crippen molar-refractivity contribution in [1.82, 2.24) is 4.98 Å². The normalized spacial score (nSPS) is 15.9. The van der Waals surface area contributed by atoms with Gasteiger partial charge in [-0.15, -0.1) is 0 Å². The maximum absolute atomic E-state index is 13.0. The van der Waals surface area contributed by atoms with E-state index in [0.717, 1.165) is 54.0 Å². The number of nitrogens with one attached hydrogen (secondary N) is 1.